The Balaban J connectivity index is 1.82. The molecule has 29 heavy (non-hydrogen) atoms. The minimum atomic E-state index is -2.76. The molecule has 0 saturated carbocycles. The van der Waals surface area contributed by atoms with Crippen LogP contribution in [0, 0.1) is 0 Å². The predicted molar refractivity (Wildman–Crippen MR) is 117 cm³/mol. The fourth-order valence-corrected chi connectivity index (χ4v) is 3.17. The van der Waals surface area contributed by atoms with E-state index in [1.807, 2.05) is 0 Å². The van der Waals surface area contributed by atoms with E-state index in [1.54, 1.807) is 24.3 Å². The average molecular weight is 438 g/mol. The second-order valence-electron chi connectivity index (χ2n) is 6.22. The van der Waals surface area contributed by atoms with Crippen LogP contribution in [0.5, 0.6) is 0 Å². The van der Waals surface area contributed by atoms with Gasteiger partial charge in [-0.3, -0.25) is 4.79 Å². The number of benzene rings is 1. The lowest BCUT2D eigenvalue weighted by Crippen LogP contribution is -2.31. The van der Waals surface area contributed by atoms with E-state index in [0.717, 1.165) is 0 Å². The van der Waals surface area contributed by atoms with E-state index in [2.05, 4.69) is 20.6 Å². The lowest BCUT2D eigenvalue weighted by atomic mass is 10.1. The van der Waals surface area contributed by atoms with Gasteiger partial charge in [0.2, 0.25) is 0 Å². The van der Waals surface area contributed by atoms with Crippen LogP contribution in [0.1, 0.15) is 42.7 Å². The topological polar surface area (TPSA) is 90.0 Å². The zero-order valence-electron chi connectivity index (χ0n) is 20.2. The minimum absolute atomic E-state index is 0.0475. The third-order valence-electron chi connectivity index (χ3n) is 4.11. The molecular weight excluding hydrogens is 411 g/mol. The lowest BCUT2D eigenvalue weighted by molar-refractivity contribution is 0.0912. The lowest BCUT2D eigenvalue weighted by Gasteiger charge is -2.16. The second-order valence-corrected chi connectivity index (χ2v) is 7.06. The highest BCUT2D eigenvalue weighted by molar-refractivity contribution is 6.33. The number of aliphatic hydroxyl groups excluding tert-OH is 1. The largest absolute Gasteiger partial charge is 0.394 e. The van der Waals surface area contributed by atoms with Crippen molar-refractivity contribution < 1.29 is 16.8 Å². The summed E-state index contributed by atoms with van der Waals surface area (Å²) in [5.74, 6) is -0.429. The Hall–Kier alpha value is -2.54. The second kappa shape index (κ2) is 9.31. The standard InChI is InChI=1S/C21H22Cl2N4O2/c1-12(2)26-20-8-16(17(23)10-25-20)14-7-18(24-9-14)21(29)27-19(11-28)13-4-3-5-15(22)6-13/h3-10,12,19,24,28H,11H2,1-2H3,(H,25,26)(H,27,29)/t19-/m1/s1/i1D,2D3,12D/t12?,19-. The summed E-state index contributed by atoms with van der Waals surface area (Å²) in [4.78, 5) is 19.6. The van der Waals surface area contributed by atoms with Gasteiger partial charge in [-0.2, -0.15) is 0 Å². The van der Waals surface area contributed by atoms with Crippen molar-refractivity contribution in [1.29, 1.82) is 0 Å². The van der Waals surface area contributed by atoms with Gasteiger partial charge >= 0.3 is 0 Å². The Labute approximate surface area is 186 Å². The Morgan fingerprint density at radius 3 is 2.97 bits per heavy atom. The SMILES string of the molecule is [2H]CC([2H])(Nc1cc(-c2c[nH]c(C(=O)N[C@H](CO)c3cccc(Cl)c3)c2)c(Cl)cn1)C([2H])([2H])[2H]. The van der Waals surface area contributed by atoms with Gasteiger partial charge in [0, 0.05) is 40.0 Å². The summed E-state index contributed by atoms with van der Waals surface area (Å²) in [6.07, 6.45) is 2.83. The number of halogens is 2. The number of rotatable bonds is 7. The Kier molecular flexibility index (Phi) is 4.92. The summed E-state index contributed by atoms with van der Waals surface area (Å²) in [6, 6.07) is 6.84. The van der Waals surface area contributed by atoms with Gasteiger partial charge in [-0.05, 0) is 43.6 Å². The van der Waals surface area contributed by atoms with Crippen LogP contribution < -0.4 is 10.6 Å². The van der Waals surface area contributed by atoms with Crippen molar-refractivity contribution in [2.45, 2.75) is 25.8 Å². The monoisotopic (exact) mass is 437 g/mol. The van der Waals surface area contributed by atoms with Crippen LogP contribution in [0.3, 0.4) is 0 Å². The van der Waals surface area contributed by atoms with Crippen molar-refractivity contribution in [3.8, 4) is 11.1 Å². The van der Waals surface area contributed by atoms with E-state index in [0.29, 0.717) is 21.7 Å². The number of aromatic nitrogens is 2. The number of aromatic amines is 1. The number of nitrogens with zero attached hydrogens (tertiary/aromatic N) is 1. The highest BCUT2D eigenvalue weighted by atomic mass is 35.5. The van der Waals surface area contributed by atoms with Crippen molar-refractivity contribution in [3.63, 3.8) is 0 Å². The molecule has 0 saturated heterocycles. The van der Waals surface area contributed by atoms with Crippen LogP contribution in [-0.4, -0.2) is 33.6 Å². The molecule has 0 spiro atoms. The molecule has 0 bridgehead atoms. The normalized spacial score (nSPS) is 17.0. The maximum atomic E-state index is 12.8. The number of hydrogen-bond acceptors (Lipinski definition) is 4. The maximum absolute atomic E-state index is 12.8. The maximum Gasteiger partial charge on any atom is 0.268 e. The Morgan fingerprint density at radius 1 is 1.38 bits per heavy atom. The molecule has 1 amide bonds. The predicted octanol–water partition coefficient (Wildman–Crippen LogP) is 4.67. The highest BCUT2D eigenvalue weighted by Gasteiger charge is 2.18. The molecule has 2 heterocycles. The van der Waals surface area contributed by atoms with E-state index < -0.39 is 31.7 Å². The molecule has 0 fully saturated rings. The molecule has 0 aliphatic carbocycles. The summed E-state index contributed by atoms with van der Waals surface area (Å²) < 4.78 is 38.2. The fourth-order valence-electron chi connectivity index (χ4n) is 2.76. The molecule has 1 aromatic carbocycles. The number of amides is 1. The van der Waals surface area contributed by atoms with Crippen LogP contribution in [0.15, 0.2) is 48.8 Å². The highest BCUT2D eigenvalue weighted by Crippen LogP contribution is 2.30. The van der Waals surface area contributed by atoms with E-state index in [1.165, 1.54) is 24.5 Å². The molecule has 0 aliphatic rings. The Morgan fingerprint density at radius 2 is 2.24 bits per heavy atom. The van der Waals surface area contributed by atoms with Gasteiger partial charge in [-0.1, -0.05) is 35.3 Å². The first-order valence-corrected chi connectivity index (χ1v) is 9.32. The van der Waals surface area contributed by atoms with Crippen LogP contribution in [0.2, 0.25) is 10.0 Å². The number of H-pyrrole nitrogens is 1. The molecule has 3 rings (SSSR count). The van der Waals surface area contributed by atoms with Gasteiger partial charge in [0.15, 0.2) is 0 Å². The van der Waals surface area contributed by atoms with Gasteiger partial charge in [-0.25, -0.2) is 4.98 Å². The zero-order valence-corrected chi connectivity index (χ0v) is 16.7. The van der Waals surface area contributed by atoms with E-state index >= 15 is 0 Å². The molecule has 0 aliphatic heterocycles. The van der Waals surface area contributed by atoms with Crippen LogP contribution in [0.4, 0.5) is 5.82 Å². The van der Waals surface area contributed by atoms with Gasteiger partial charge < -0.3 is 20.7 Å². The number of anilines is 1. The van der Waals surface area contributed by atoms with Gasteiger partial charge in [0.1, 0.15) is 11.5 Å². The Bertz CT molecular complexity index is 1170. The molecule has 3 aromatic rings. The zero-order chi connectivity index (χ0) is 25.1. The smallest absolute Gasteiger partial charge is 0.268 e. The minimum Gasteiger partial charge on any atom is -0.394 e. The van der Waals surface area contributed by atoms with Crippen LogP contribution >= 0.6 is 23.2 Å². The summed E-state index contributed by atoms with van der Waals surface area (Å²) in [7, 11) is 0. The van der Waals surface area contributed by atoms with E-state index in [9.17, 15) is 9.90 Å². The van der Waals surface area contributed by atoms with Gasteiger partial charge in [-0.15, -0.1) is 0 Å². The van der Waals surface area contributed by atoms with Crippen molar-refractivity contribution >= 4 is 34.9 Å². The number of aliphatic hydroxyl groups is 1. The molecule has 6 nitrogen and oxygen atoms in total. The van der Waals surface area contributed by atoms with Gasteiger partial charge in [0.25, 0.3) is 5.91 Å². The molecular formula is C21H22Cl2N4O2. The first-order chi connectivity index (χ1) is 16.0. The number of carbonyl (C=O) groups excluding carboxylic acids is 1. The molecule has 2 aromatic heterocycles. The summed E-state index contributed by atoms with van der Waals surface area (Å²) >= 11 is 12.3. The van der Waals surface area contributed by atoms with E-state index in [-0.39, 0.29) is 23.1 Å². The molecule has 2 atom stereocenters. The first-order valence-electron chi connectivity index (χ1n) is 11.3. The summed E-state index contributed by atoms with van der Waals surface area (Å²) in [6.45, 7) is -3.82. The number of pyridine rings is 1. The summed E-state index contributed by atoms with van der Waals surface area (Å²) in [5, 5.41) is 15.6. The molecule has 0 radical (unpaired) electrons. The number of carbonyl (C=O) groups is 1. The molecule has 152 valence electrons. The first kappa shape index (κ1) is 15.3. The van der Waals surface area contributed by atoms with Crippen molar-refractivity contribution in [2.24, 2.45) is 0 Å². The fraction of sp³-hybridized carbons (Fsp3) is 0.238. The van der Waals surface area contributed by atoms with Crippen molar-refractivity contribution in [2.75, 3.05) is 11.9 Å². The molecule has 8 heteroatoms. The quantitative estimate of drug-likeness (QED) is 0.432. The van der Waals surface area contributed by atoms with Crippen molar-refractivity contribution in [1.82, 2.24) is 15.3 Å². The average Bonchev–Trinajstić information content (AvgIpc) is 3.28. The molecule has 1 unspecified atom stereocenters. The third kappa shape index (κ3) is 5.29. The van der Waals surface area contributed by atoms with Crippen LogP contribution in [-0.2, 0) is 0 Å². The molecule has 4 N–H and O–H groups in total. The van der Waals surface area contributed by atoms with Crippen LogP contribution in [0.25, 0.3) is 11.1 Å². The summed E-state index contributed by atoms with van der Waals surface area (Å²) in [5.41, 5.74) is 1.78. The third-order valence-corrected chi connectivity index (χ3v) is 4.65. The number of nitrogens with one attached hydrogen (secondary N) is 3. The van der Waals surface area contributed by atoms with Gasteiger partial charge in [0.05, 0.1) is 19.0 Å². The van der Waals surface area contributed by atoms with E-state index in [4.69, 9.17) is 30.1 Å². The van der Waals surface area contributed by atoms with Crippen molar-refractivity contribution in [3.05, 3.63) is 70.1 Å². The number of hydrogen-bond donors (Lipinski definition) is 4.